The van der Waals surface area contributed by atoms with E-state index in [1.807, 2.05) is 0 Å². The molecule has 2 heterocycles. The number of hydrogen-bond acceptors (Lipinski definition) is 5. The van der Waals surface area contributed by atoms with Crippen molar-refractivity contribution in [1.29, 1.82) is 0 Å². The molecule has 1 aliphatic rings. The van der Waals surface area contributed by atoms with Gasteiger partial charge < -0.3 is 4.74 Å². The summed E-state index contributed by atoms with van der Waals surface area (Å²) in [5.74, 6) is 5.53. The first-order valence-corrected chi connectivity index (χ1v) is 6.41. The summed E-state index contributed by atoms with van der Waals surface area (Å²) in [4.78, 5) is 3.91. The molecular formula is C10H14F3N3OS. The molecule has 8 heteroatoms. The molecule has 2 unspecified atom stereocenters. The lowest BCUT2D eigenvalue weighted by atomic mass is 9.93. The van der Waals surface area contributed by atoms with E-state index in [9.17, 15) is 13.2 Å². The van der Waals surface area contributed by atoms with Crippen molar-refractivity contribution in [2.75, 3.05) is 13.2 Å². The van der Waals surface area contributed by atoms with E-state index < -0.39 is 11.2 Å². The Morgan fingerprint density at radius 3 is 2.83 bits per heavy atom. The zero-order valence-electron chi connectivity index (χ0n) is 9.54. The predicted octanol–water partition coefficient (Wildman–Crippen LogP) is 2.09. The van der Waals surface area contributed by atoms with Gasteiger partial charge in [0.2, 0.25) is 0 Å². The second-order valence-electron chi connectivity index (χ2n) is 4.19. The molecule has 0 radical (unpaired) electrons. The Labute approximate surface area is 106 Å². The highest BCUT2D eigenvalue weighted by molar-refractivity contribution is 7.11. The van der Waals surface area contributed by atoms with Crippen molar-refractivity contribution in [2.45, 2.75) is 25.1 Å². The van der Waals surface area contributed by atoms with Crippen LogP contribution >= 0.6 is 11.3 Å². The monoisotopic (exact) mass is 281 g/mol. The average molecular weight is 281 g/mol. The van der Waals surface area contributed by atoms with Crippen LogP contribution in [0.25, 0.3) is 0 Å². The Morgan fingerprint density at radius 1 is 1.56 bits per heavy atom. The van der Waals surface area contributed by atoms with Gasteiger partial charge in [0, 0.05) is 23.6 Å². The number of ether oxygens (including phenoxy) is 1. The molecule has 1 aromatic heterocycles. The Hall–Kier alpha value is -0.700. The summed E-state index contributed by atoms with van der Waals surface area (Å²) in [5, 5.41) is -0.838. The third-order valence-electron chi connectivity index (χ3n) is 2.92. The van der Waals surface area contributed by atoms with Crippen LogP contribution in [-0.2, 0) is 10.9 Å². The molecule has 3 N–H and O–H groups in total. The van der Waals surface area contributed by atoms with Gasteiger partial charge in [-0.1, -0.05) is 0 Å². The van der Waals surface area contributed by atoms with Crippen LogP contribution in [0.1, 0.15) is 28.8 Å². The maximum Gasteiger partial charge on any atom is 0.443 e. The summed E-state index contributed by atoms with van der Waals surface area (Å²) in [6.07, 6.45) is -1.38. The van der Waals surface area contributed by atoms with Crippen molar-refractivity contribution >= 4 is 11.3 Å². The summed E-state index contributed by atoms with van der Waals surface area (Å²) in [7, 11) is 0. The van der Waals surface area contributed by atoms with Crippen molar-refractivity contribution in [2.24, 2.45) is 11.8 Å². The minimum Gasteiger partial charge on any atom is -0.381 e. The maximum absolute atomic E-state index is 12.5. The van der Waals surface area contributed by atoms with Crippen LogP contribution in [-0.4, -0.2) is 18.2 Å². The number of nitrogens with two attached hydrogens (primary N) is 1. The number of halogens is 3. The fourth-order valence-corrected chi connectivity index (χ4v) is 2.98. The highest BCUT2D eigenvalue weighted by Crippen LogP contribution is 2.37. The SMILES string of the molecule is NNC(c1cnc(C(F)(F)F)s1)C1CCCOC1. The molecule has 0 saturated carbocycles. The standard InChI is InChI=1S/C10H14F3N3OS/c11-10(12,13)9-15-4-7(18-9)8(16-14)6-2-1-3-17-5-6/h4,6,8,16H,1-3,5,14H2. The van der Waals surface area contributed by atoms with Crippen LogP contribution < -0.4 is 11.3 Å². The molecule has 2 atom stereocenters. The number of hydrogen-bond donors (Lipinski definition) is 2. The molecule has 4 nitrogen and oxygen atoms in total. The first kappa shape index (κ1) is 13.7. The van der Waals surface area contributed by atoms with Gasteiger partial charge in [-0.3, -0.25) is 11.3 Å². The Bertz CT molecular complexity index is 390. The number of aromatic nitrogens is 1. The van der Waals surface area contributed by atoms with Gasteiger partial charge in [-0.25, -0.2) is 4.98 Å². The molecule has 1 saturated heterocycles. The second-order valence-corrected chi connectivity index (χ2v) is 5.25. The zero-order valence-corrected chi connectivity index (χ0v) is 10.4. The third kappa shape index (κ3) is 3.00. The highest BCUT2D eigenvalue weighted by Gasteiger charge is 2.36. The Morgan fingerprint density at radius 2 is 2.33 bits per heavy atom. The first-order valence-electron chi connectivity index (χ1n) is 5.59. The van der Waals surface area contributed by atoms with Crippen LogP contribution in [0, 0.1) is 5.92 Å². The summed E-state index contributed by atoms with van der Waals surface area (Å²) in [6.45, 7) is 1.21. The predicted molar refractivity (Wildman–Crippen MR) is 60.7 cm³/mol. The minimum absolute atomic E-state index is 0.0882. The largest absolute Gasteiger partial charge is 0.443 e. The Balaban J connectivity index is 2.14. The molecule has 102 valence electrons. The molecule has 2 rings (SSSR count). The molecule has 0 bridgehead atoms. The van der Waals surface area contributed by atoms with Crippen molar-refractivity contribution in [1.82, 2.24) is 10.4 Å². The summed E-state index contributed by atoms with van der Waals surface area (Å²) in [6, 6.07) is -0.334. The normalized spacial score (nSPS) is 23.0. The molecule has 18 heavy (non-hydrogen) atoms. The molecule has 1 fully saturated rings. The van der Waals surface area contributed by atoms with E-state index in [0.29, 0.717) is 29.4 Å². The van der Waals surface area contributed by atoms with Gasteiger partial charge >= 0.3 is 6.18 Å². The topological polar surface area (TPSA) is 60.2 Å². The number of alkyl halides is 3. The van der Waals surface area contributed by atoms with Crippen LogP contribution in [0.15, 0.2) is 6.20 Å². The Kier molecular flexibility index (Phi) is 4.21. The summed E-state index contributed by atoms with van der Waals surface area (Å²) < 4.78 is 42.8. The van der Waals surface area contributed by atoms with E-state index in [-0.39, 0.29) is 12.0 Å². The molecule has 0 aliphatic carbocycles. The van der Waals surface area contributed by atoms with E-state index in [1.165, 1.54) is 6.20 Å². The average Bonchev–Trinajstić information content (AvgIpc) is 2.81. The van der Waals surface area contributed by atoms with Crippen molar-refractivity contribution in [3.05, 3.63) is 16.1 Å². The second kappa shape index (κ2) is 5.52. The van der Waals surface area contributed by atoms with Gasteiger partial charge in [0.15, 0.2) is 5.01 Å². The van der Waals surface area contributed by atoms with Crippen molar-refractivity contribution in [3.8, 4) is 0 Å². The molecule has 0 aromatic carbocycles. The molecule has 1 aliphatic heterocycles. The van der Waals surface area contributed by atoms with Crippen molar-refractivity contribution < 1.29 is 17.9 Å². The molecule has 0 amide bonds. The lowest BCUT2D eigenvalue weighted by Gasteiger charge is -2.28. The highest BCUT2D eigenvalue weighted by atomic mass is 32.1. The summed E-state index contributed by atoms with van der Waals surface area (Å²) >= 11 is 0.632. The quantitative estimate of drug-likeness (QED) is 0.658. The lowest BCUT2D eigenvalue weighted by Crippen LogP contribution is -2.36. The van der Waals surface area contributed by atoms with Crippen LogP contribution in [0.3, 0.4) is 0 Å². The van der Waals surface area contributed by atoms with Gasteiger partial charge in [-0.05, 0) is 12.8 Å². The third-order valence-corrected chi connectivity index (χ3v) is 4.04. The fourth-order valence-electron chi connectivity index (χ4n) is 2.04. The van der Waals surface area contributed by atoms with Crippen LogP contribution in [0.2, 0.25) is 0 Å². The van der Waals surface area contributed by atoms with E-state index >= 15 is 0 Å². The smallest absolute Gasteiger partial charge is 0.381 e. The molecular weight excluding hydrogens is 267 g/mol. The lowest BCUT2D eigenvalue weighted by molar-refractivity contribution is -0.137. The van der Waals surface area contributed by atoms with Gasteiger partial charge in [0.05, 0.1) is 12.6 Å². The first-order chi connectivity index (χ1) is 8.52. The number of rotatable bonds is 3. The van der Waals surface area contributed by atoms with E-state index in [4.69, 9.17) is 10.6 Å². The van der Waals surface area contributed by atoms with Gasteiger partial charge in [-0.2, -0.15) is 13.2 Å². The number of hydrazine groups is 1. The maximum atomic E-state index is 12.5. The fraction of sp³-hybridized carbons (Fsp3) is 0.700. The van der Waals surface area contributed by atoms with Gasteiger partial charge in [0.1, 0.15) is 0 Å². The van der Waals surface area contributed by atoms with Crippen LogP contribution in [0.5, 0.6) is 0 Å². The number of nitrogens with zero attached hydrogens (tertiary/aromatic N) is 1. The summed E-state index contributed by atoms with van der Waals surface area (Å²) in [5.41, 5.74) is 2.58. The van der Waals surface area contributed by atoms with Gasteiger partial charge in [-0.15, -0.1) is 11.3 Å². The minimum atomic E-state index is -4.40. The van der Waals surface area contributed by atoms with E-state index in [2.05, 4.69) is 10.4 Å². The number of thiazole rings is 1. The van der Waals surface area contributed by atoms with Gasteiger partial charge in [0.25, 0.3) is 0 Å². The van der Waals surface area contributed by atoms with Crippen LogP contribution in [0.4, 0.5) is 13.2 Å². The van der Waals surface area contributed by atoms with E-state index in [1.54, 1.807) is 0 Å². The number of nitrogens with one attached hydrogen (secondary N) is 1. The van der Waals surface area contributed by atoms with E-state index in [0.717, 1.165) is 12.8 Å². The van der Waals surface area contributed by atoms with Crippen molar-refractivity contribution in [3.63, 3.8) is 0 Å². The molecule has 0 spiro atoms. The zero-order chi connectivity index (χ0) is 13.2. The molecule has 1 aromatic rings.